The first kappa shape index (κ1) is 23.0. The standard InChI is InChI=1S/C25H26N6O3/c1-25(2,3)15-33-24(32)18-9-11-26-20(14-18)34-19-6-4-17(5-7-19)8-10-28-22-21-23(31-16-30-22)29-13-12-27-21/h4-7,9,11-14,16H,8,10,15H2,1-3H3,(H,28,29,30,31). The molecule has 174 valence electrons. The molecule has 0 fully saturated rings. The van der Waals surface area contributed by atoms with Crippen molar-refractivity contribution in [3.05, 3.63) is 72.4 Å². The van der Waals surface area contributed by atoms with Crippen LogP contribution in [0.15, 0.2) is 61.3 Å². The molecule has 0 aliphatic carbocycles. The van der Waals surface area contributed by atoms with Gasteiger partial charge in [0.2, 0.25) is 5.88 Å². The van der Waals surface area contributed by atoms with E-state index in [9.17, 15) is 4.79 Å². The van der Waals surface area contributed by atoms with E-state index in [-0.39, 0.29) is 5.41 Å². The lowest BCUT2D eigenvalue weighted by atomic mass is 9.99. The summed E-state index contributed by atoms with van der Waals surface area (Å²) in [6, 6.07) is 10.9. The summed E-state index contributed by atoms with van der Waals surface area (Å²) in [5.74, 6) is 1.22. The molecular formula is C25H26N6O3. The summed E-state index contributed by atoms with van der Waals surface area (Å²) >= 11 is 0. The Morgan fingerprint density at radius 1 is 0.941 bits per heavy atom. The summed E-state index contributed by atoms with van der Waals surface area (Å²) in [5.41, 5.74) is 2.62. The quantitative estimate of drug-likeness (QED) is 0.382. The lowest BCUT2D eigenvalue weighted by Crippen LogP contribution is -2.18. The van der Waals surface area contributed by atoms with Crippen molar-refractivity contribution in [1.82, 2.24) is 24.9 Å². The number of carbonyl (C=O) groups is 1. The topological polar surface area (TPSA) is 112 Å². The number of esters is 1. The minimum Gasteiger partial charge on any atom is -0.462 e. The highest BCUT2D eigenvalue weighted by atomic mass is 16.5. The van der Waals surface area contributed by atoms with Crippen LogP contribution >= 0.6 is 0 Å². The fraction of sp³-hybridized carbons (Fsp3) is 0.280. The third-order valence-corrected chi connectivity index (χ3v) is 4.73. The van der Waals surface area contributed by atoms with Crippen LogP contribution in [0.1, 0.15) is 36.7 Å². The number of fused-ring (bicyclic) bond motifs is 1. The second kappa shape index (κ2) is 10.2. The molecule has 0 amide bonds. The molecule has 4 aromatic rings. The van der Waals surface area contributed by atoms with E-state index in [1.54, 1.807) is 24.5 Å². The molecule has 4 rings (SSSR count). The second-order valence-electron chi connectivity index (χ2n) is 8.89. The van der Waals surface area contributed by atoms with Gasteiger partial charge < -0.3 is 14.8 Å². The third-order valence-electron chi connectivity index (χ3n) is 4.73. The Balaban J connectivity index is 1.32. The fourth-order valence-electron chi connectivity index (χ4n) is 3.05. The predicted octanol–water partition coefficient (Wildman–Crippen LogP) is 4.46. The van der Waals surface area contributed by atoms with Gasteiger partial charge in [0.25, 0.3) is 0 Å². The molecule has 0 saturated heterocycles. The van der Waals surface area contributed by atoms with Crippen LogP contribution in [0, 0.1) is 5.41 Å². The number of carbonyl (C=O) groups excluding carboxylic acids is 1. The van der Waals surface area contributed by atoms with Gasteiger partial charge in [-0.2, -0.15) is 0 Å². The summed E-state index contributed by atoms with van der Waals surface area (Å²) in [6.07, 6.45) is 7.00. The third kappa shape index (κ3) is 6.22. The maximum atomic E-state index is 12.3. The zero-order chi connectivity index (χ0) is 24.0. The van der Waals surface area contributed by atoms with E-state index in [1.165, 1.54) is 12.5 Å². The van der Waals surface area contributed by atoms with Gasteiger partial charge in [0, 0.05) is 31.2 Å². The molecular weight excluding hydrogens is 432 g/mol. The molecule has 1 N–H and O–H groups in total. The summed E-state index contributed by atoms with van der Waals surface area (Å²) in [4.78, 5) is 33.3. The summed E-state index contributed by atoms with van der Waals surface area (Å²) < 4.78 is 11.2. The Hall–Kier alpha value is -4.14. The molecule has 3 aromatic heterocycles. The highest BCUT2D eigenvalue weighted by molar-refractivity contribution is 5.89. The minimum absolute atomic E-state index is 0.101. The highest BCUT2D eigenvalue weighted by Gasteiger charge is 2.16. The molecule has 0 aliphatic rings. The molecule has 1 aromatic carbocycles. The van der Waals surface area contributed by atoms with Gasteiger partial charge in [-0.15, -0.1) is 0 Å². The summed E-state index contributed by atoms with van der Waals surface area (Å²) in [7, 11) is 0. The molecule has 9 heteroatoms. The average Bonchev–Trinajstić information content (AvgIpc) is 2.83. The van der Waals surface area contributed by atoms with Crippen LogP contribution in [0.4, 0.5) is 5.82 Å². The van der Waals surface area contributed by atoms with Crippen molar-refractivity contribution in [3.63, 3.8) is 0 Å². The number of pyridine rings is 1. The number of hydrogen-bond acceptors (Lipinski definition) is 9. The van der Waals surface area contributed by atoms with Crippen LogP contribution in [-0.4, -0.2) is 44.0 Å². The fourth-order valence-corrected chi connectivity index (χ4v) is 3.05. The van der Waals surface area contributed by atoms with Crippen LogP contribution < -0.4 is 10.1 Å². The zero-order valence-corrected chi connectivity index (χ0v) is 19.4. The molecule has 0 spiro atoms. The highest BCUT2D eigenvalue weighted by Crippen LogP contribution is 2.22. The van der Waals surface area contributed by atoms with Crippen molar-refractivity contribution in [2.24, 2.45) is 5.41 Å². The van der Waals surface area contributed by atoms with E-state index >= 15 is 0 Å². The zero-order valence-electron chi connectivity index (χ0n) is 19.4. The number of hydrogen-bond donors (Lipinski definition) is 1. The Kier molecular flexibility index (Phi) is 6.91. The first-order valence-corrected chi connectivity index (χ1v) is 10.9. The Morgan fingerprint density at radius 3 is 2.53 bits per heavy atom. The number of rotatable bonds is 8. The molecule has 0 atom stereocenters. The molecule has 3 heterocycles. The SMILES string of the molecule is CC(C)(C)COC(=O)c1ccnc(Oc2ccc(CCNc3ncnc4nccnc34)cc2)c1. The molecule has 34 heavy (non-hydrogen) atoms. The van der Waals surface area contributed by atoms with Gasteiger partial charge in [-0.05, 0) is 35.6 Å². The number of ether oxygens (including phenoxy) is 2. The number of anilines is 1. The number of nitrogens with zero attached hydrogens (tertiary/aromatic N) is 5. The summed E-state index contributed by atoms with van der Waals surface area (Å²) in [6.45, 7) is 7.03. The van der Waals surface area contributed by atoms with Gasteiger partial charge >= 0.3 is 5.97 Å². The Morgan fingerprint density at radius 2 is 1.74 bits per heavy atom. The van der Waals surface area contributed by atoms with Crippen molar-refractivity contribution in [3.8, 4) is 11.6 Å². The maximum Gasteiger partial charge on any atom is 0.338 e. The smallest absolute Gasteiger partial charge is 0.338 e. The van der Waals surface area contributed by atoms with Crippen molar-refractivity contribution >= 4 is 23.0 Å². The van der Waals surface area contributed by atoms with E-state index in [0.717, 1.165) is 12.0 Å². The van der Waals surface area contributed by atoms with Crippen LogP contribution in [0.2, 0.25) is 0 Å². The van der Waals surface area contributed by atoms with E-state index in [2.05, 4.69) is 30.2 Å². The van der Waals surface area contributed by atoms with Gasteiger partial charge in [0.1, 0.15) is 17.6 Å². The number of benzene rings is 1. The van der Waals surface area contributed by atoms with Gasteiger partial charge in [-0.25, -0.2) is 29.7 Å². The number of aromatic nitrogens is 5. The average molecular weight is 459 g/mol. The first-order valence-electron chi connectivity index (χ1n) is 10.9. The van der Waals surface area contributed by atoms with Gasteiger partial charge in [0.05, 0.1) is 12.2 Å². The minimum atomic E-state index is -0.396. The van der Waals surface area contributed by atoms with Crippen molar-refractivity contribution in [1.29, 1.82) is 0 Å². The predicted molar refractivity (Wildman–Crippen MR) is 128 cm³/mol. The normalized spacial score (nSPS) is 11.3. The van der Waals surface area contributed by atoms with E-state index in [0.29, 0.717) is 47.3 Å². The second-order valence-corrected chi connectivity index (χ2v) is 8.89. The van der Waals surface area contributed by atoms with Crippen LogP contribution in [-0.2, 0) is 11.2 Å². The molecule has 0 saturated carbocycles. The van der Waals surface area contributed by atoms with Gasteiger partial charge in [0.15, 0.2) is 11.5 Å². The Labute approximate surface area is 197 Å². The Bertz CT molecular complexity index is 1270. The van der Waals surface area contributed by atoms with E-state index < -0.39 is 5.97 Å². The molecule has 9 nitrogen and oxygen atoms in total. The van der Waals surface area contributed by atoms with Crippen LogP contribution in [0.25, 0.3) is 11.2 Å². The lowest BCUT2D eigenvalue weighted by molar-refractivity contribution is 0.0366. The van der Waals surface area contributed by atoms with E-state index in [4.69, 9.17) is 9.47 Å². The molecule has 0 bridgehead atoms. The lowest BCUT2D eigenvalue weighted by Gasteiger charge is -2.17. The molecule has 0 aliphatic heterocycles. The first-order chi connectivity index (χ1) is 16.4. The van der Waals surface area contributed by atoms with E-state index in [1.807, 2.05) is 45.0 Å². The van der Waals surface area contributed by atoms with Crippen molar-refractivity contribution in [2.75, 3.05) is 18.5 Å². The van der Waals surface area contributed by atoms with Crippen LogP contribution in [0.3, 0.4) is 0 Å². The van der Waals surface area contributed by atoms with Gasteiger partial charge in [-0.3, -0.25) is 0 Å². The monoisotopic (exact) mass is 458 g/mol. The van der Waals surface area contributed by atoms with Crippen LogP contribution in [0.5, 0.6) is 11.6 Å². The molecule has 0 radical (unpaired) electrons. The number of nitrogens with one attached hydrogen (secondary N) is 1. The maximum absolute atomic E-state index is 12.3. The summed E-state index contributed by atoms with van der Waals surface area (Å²) in [5, 5.41) is 3.29. The van der Waals surface area contributed by atoms with Gasteiger partial charge in [-0.1, -0.05) is 32.9 Å². The van der Waals surface area contributed by atoms with Crippen molar-refractivity contribution in [2.45, 2.75) is 27.2 Å². The van der Waals surface area contributed by atoms with Crippen molar-refractivity contribution < 1.29 is 14.3 Å². The molecule has 0 unspecified atom stereocenters. The largest absolute Gasteiger partial charge is 0.462 e.